The number of methoxy groups -OCH3 is 1. The van der Waals surface area contributed by atoms with Crippen molar-refractivity contribution in [3.05, 3.63) is 89.7 Å². The van der Waals surface area contributed by atoms with Crippen molar-refractivity contribution in [3.8, 4) is 5.75 Å². The van der Waals surface area contributed by atoms with Gasteiger partial charge in [-0.3, -0.25) is 4.90 Å². The number of ether oxygens (including phenoxy) is 1. The molecule has 210 valence electrons. The molecule has 1 fully saturated rings. The van der Waals surface area contributed by atoms with Crippen molar-refractivity contribution in [2.45, 2.75) is 24.4 Å². The van der Waals surface area contributed by atoms with Gasteiger partial charge in [-0.05, 0) is 53.9 Å². The molecule has 5 nitrogen and oxygen atoms in total. The number of nitrogens with zero attached hydrogens (tertiary/aromatic N) is 4. The van der Waals surface area contributed by atoms with Crippen LogP contribution in [0.4, 0.5) is 19.4 Å². The molecule has 1 aliphatic rings. The molecule has 0 bridgehead atoms. The van der Waals surface area contributed by atoms with Gasteiger partial charge in [-0.2, -0.15) is 0 Å². The largest absolute Gasteiger partial charge is 0.497 e. The van der Waals surface area contributed by atoms with E-state index in [1.54, 1.807) is 7.11 Å². The molecule has 1 saturated heterocycles. The predicted molar refractivity (Wildman–Crippen MR) is 145 cm³/mol. The van der Waals surface area contributed by atoms with Crippen LogP contribution in [0.15, 0.2) is 77.7 Å². The lowest BCUT2D eigenvalue weighted by molar-refractivity contribution is 0.125. The minimum Gasteiger partial charge on any atom is -0.497 e. The van der Waals surface area contributed by atoms with E-state index in [9.17, 15) is 19.4 Å². The van der Waals surface area contributed by atoms with Crippen molar-refractivity contribution < 1.29 is 24.2 Å². The van der Waals surface area contributed by atoms with Crippen LogP contribution in [0, 0.1) is 0 Å². The van der Waals surface area contributed by atoms with Crippen LogP contribution in [0.1, 0.15) is 17.0 Å². The number of benzene rings is 3. The van der Waals surface area contributed by atoms with Crippen LogP contribution in [-0.2, 0) is 19.5 Å². The van der Waals surface area contributed by atoms with E-state index in [-0.39, 0.29) is 6.54 Å². The molecule has 0 amide bonds. The minimum absolute atomic E-state index is 0.234. The van der Waals surface area contributed by atoms with Gasteiger partial charge < -0.3 is 14.2 Å². The van der Waals surface area contributed by atoms with Crippen molar-refractivity contribution in [3.63, 3.8) is 0 Å². The lowest BCUT2D eigenvalue weighted by atomic mass is 10.1. The van der Waals surface area contributed by atoms with Crippen molar-refractivity contribution >= 4 is 21.3 Å². The fourth-order valence-corrected chi connectivity index (χ4v) is 5.56. The van der Waals surface area contributed by atoms with Crippen LogP contribution >= 0.6 is 10.2 Å². The first-order chi connectivity index (χ1) is 18.4. The molecule has 5 rings (SSSR count). The average molecular weight is 567 g/mol. The number of para-hydroxylation sites is 2. The van der Waals surface area contributed by atoms with Gasteiger partial charge >= 0.3 is 10.2 Å². The Labute approximate surface area is 224 Å². The molecular formula is C28H31F5N4OS. The number of fused-ring (bicyclic) bond motifs is 1. The number of aromatic nitrogens is 2. The highest BCUT2D eigenvalue weighted by atomic mass is 32.5. The third-order valence-electron chi connectivity index (χ3n) is 7.15. The van der Waals surface area contributed by atoms with Crippen LogP contribution < -0.4 is 4.74 Å². The fraction of sp³-hybridized carbons (Fsp3) is 0.321. The number of piperazine rings is 1. The van der Waals surface area contributed by atoms with Gasteiger partial charge in [0.2, 0.25) is 0 Å². The van der Waals surface area contributed by atoms with E-state index in [0.717, 1.165) is 73.9 Å². The molecule has 0 unspecified atom stereocenters. The molecule has 1 aromatic heterocycles. The summed E-state index contributed by atoms with van der Waals surface area (Å²) in [4.78, 5) is 7.67. The third-order valence-corrected chi connectivity index (χ3v) is 8.31. The van der Waals surface area contributed by atoms with E-state index in [1.807, 2.05) is 41.0 Å². The Balaban J connectivity index is 1.24. The maximum atomic E-state index is 13.2. The van der Waals surface area contributed by atoms with Gasteiger partial charge in [-0.1, -0.05) is 55.8 Å². The smallest absolute Gasteiger partial charge is 0.310 e. The van der Waals surface area contributed by atoms with E-state index in [2.05, 4.69) is 21.9 Å². The Morgan fingerprint density at radius 3 is 2.00 bits per heavy atom. The second kappa shape index (κ2) is 9.79. The molecule has 0 saturated carbocycles. The van der Waals surface area contributed by atoms with Gasteiger partial charge in [-0.15, -0.1) is 0 Å². The second-order valence-corrected chi connectivity index (χ2v) is 12.3. The van der Waals surface area contributed by atoms with Crippen molar-refractivity contribution in [1.82, 2.24) is 19.4 Å². The first kappa shape index (κ1) is 27.4. The van der Waals surface area contributed by atoms with E-state index >= 15 is 0 Å². The zero-order valence-corrected chi connectivity index (χ0v) is 22.4. The van der Waals surface area contributed by atoms with Crippen LogP contribution in [0.25, 0.3) is 11.0 Å². The summed E-state index contributed by atoms with van der Waals surface area (Å²) < 4.78 is 72.9. The summed E-state index contributed by atoms with van der Waals surface area (Å²) in [6, 6.07) is 18.9. The predicted octanol–water partition coefficient (Wildman–Crippen LogP) is 7.11. The normalized spacial score (nSPS) is 17.2. The summed E-state index contributed by atoms with van der Waals surface area (Å²) in [5, 5.41) is 0. The lowest BCUT2D eigenvalue weighted by Gasteiger charge is -2.40. The maximum absolute atomic E-state index is 13.2. The van der Waals surface area contributed by atoms with E-state index in [0.29, 0.717) is 24.2 Å². The molecule has 4 aromatic rings. The SMILES string of the molecule is COc1ccc(CCN2CCN(Cc3nc4ccccc4n3Cc3ccc(S(F)(F)(F)(F)F)cc3)CC2)cc1. The zero-order valence-electron chi connectivity index (χ0n) is 21.6. The topological polar surface area (TPSA) is 33.5 Å². The summed E-state index contributed by atoms with van der Waals surface area (Å²) in [6.45, 7) is 5.36. The van der Waals surface area contributed by atoms with Crippen molar-refractivity contribution in [1.29, 1.82) is 0 Å². The molecular weight excluding hydrogens is 535 g/mol. The highest BCUT2D eigenvalue weighted by molar-refractivity contribution is 8.45. The molecule has 0 atom stereocenters. The first-order valence-corrected chi connectivity index (χ1v) is 14.7. The molecule has 3 aromatic carbocycles. The Hall–Kier alpha value is -3.15. The van der Waals surface area contributed by atoms with Gasteiger partial charge in [0.05, 0.1) is 24.7 Å². The van der Waals surface area contributed by atoms with Gasteiger partial charge in [0, 0.05) is 39.3 Å². The third kappa shape index (κ3) is 6.71. The number of hydrogen-bond donors (Lipinski definition) is 0. The van der Waals surface area contributed by atoms with E-state index in [1.165, 1.54) is 5.56 Å². The average Bonchev–Trinajstić information content (AvgIpc) is 3.24. The van der Waals surface area contributed by atoms with Crippen molar-refractivity contribution in [2.24, 2.45) is 0 Å². The van der Waals surface area contributed by atoms with Crippen LogP contribution in [0.5, 0.6) is 5.75 Å². The number of halogens is 5. The van der Waals surface area contributed by atoms with Gasteiger partial charge in [0.25, 0.3) is 0 Å². The monoisotopic (exact) mass is 566 g/mol. The summed E-state index contributed by atoms with van der Waals surface area (Å²) in [6.07, 6.45) is 0.959. The quantitative estimate of drug-likeness (QED) is 0.202. The minimum atomic E-state index is -9.70. The Bertz CT molecular complexity index is 1430. The maximum Gasteiger partial charge on any atom is 0.310 e. The zero-order chi connectivity index (χ0) is 27.7. The number of imidazole rings is 1. The molecule has 0 radical (unpaired) electrons. The first-order valence-electron chi connectivity index (χ1n) is 12.7. The molecule has 39 heavy (non-hydrogen) atoms. The lowest BCUT2D eigenvalue weighted by Crippen LogP contribution is -2.46. The summed E-state index contributed by atoms with van der Waals surface area (Å²) in [5.41, 5.74) is 3.39. The van der Waals surface area contributed by atoms with Gasteiger partial charge in [-0.25, -0.2) is 4.98 Å². The Kier molecular flexibility index (Phi) is 6.89. The highest BCUT2D eigenvalue weighted by Crippen LogP contribution is 3.02. The van der Waals surface area contributed by atoms with Crippen LogP contribution in [0.3, 0.4) is 0 Å². The summed E-state index contributed by atoms with van der Waals surface area (Å²) in [7, 11) is -8.05. The molecule has 0 N–H and O–H groups in total. The Morgan fingerprint density at radius 1 is 0.744 bits per heavy atom. The second-order valence-electron chi connectivity index (χ2n) is 9.93. The van der Waals surface area contributed by atoms with Crippen LogP contribution in [0.2, 0.25) is 0 Å². The molecule has 2 heterocycles. The van der Waals surface area contributed by atoms with Gasteiger partial charge in [0.15, 0.2) is 0 Å². The highest BCUT2D eigenvalue weighted by Gasteiger charge is 2.65. The molecule has 0 aliphatic carbocycles. The molecule has 1 aliphatic heterocycles. The standard InChI is InChI=1S/C28H31F5N4OS/c1-38-24-10-6-22(7-11-24)14-15-35-16-18-36(19-17-35)21-28-34-26-4-2-3-5-27(26)37(28)20-23-8-12-25(13-9-23)39(29,30,31,32)33/h2-13H,14-21H2,1H3. The van der Waals surface area contributed by atoms with Crippen molar-refractivity contribution in [2.75, 3.05) is 39.8 Å². The Morgan fingerprint density at radius 2 is 1.36 bits per heavy atom. The van der Waals surface area contributed by atoms with E-state index < -0.39 is 15.1 Å². The van der Waals surface area contributed by atoms with E-state index in [4.69, 9.17) is 9.72 Å². The van der Waals surface area contributed by atoms with Crippen LogP contribution in [-0.4, -0.2) is 59.2 Å². The summed E-state index contributed by atoms with van der Waals surface area (Å²) in [5.74, 6) is 1.64. The number of hydrogen-bond acceptors (Lipinski definition) is 4. The number of rotatable bonds is 9. The molecule has 0 spiro atoms. The van der Waals surface area contributed by atoms with Gasteiger partial charge in [0.1, 0.15) is 16.5 Å². The summed E-state index contributed by atoms with van der Waals surface area (Å²) >= 11 is 0. The molecule has 11 heteroatoms. The fourth-order valence-electron chi connectivity index (χ4n) is 4.91.